The Kier molecular flexibility index (Phi) is 1.25. The summed E-state index contributed by atoms with van der Waals surface area (Å²) in [5.74, 6) is -0.840. The molecule has 2 N–H and O–H groups in total. The van der Waals surface area contributed by atoms with Gasteiger partial charge in [-0.3, -0.25) is 14.9 Å². The van der Waals surface area contributed by atoms with Crippen molar-refractivity contribution in [3.63, 3.8) is 0 Å². The van der Waals surface area contributed by atoms with Crippen LogP contribution in [-0.4, -0.2) is 29.0 Å². The monoisotopic (exact) mass is 210 g/mol. The van der Waals surface area contributed by atoms with Crippen LogP contribution in [0.5, 0.6) is 0 Å². The summed E-state index contributed by atoms with van der Waals surface area (Å²) in [5, 5.41) is 4.89. The topological polar surface area (TPSA) is 84.5 Å². The Bertz CT molecular complexity index is 397. The van der Waals surface area contributed by atoms with Gasteiger partial charge in [-0.2, -0.15) is 0 Å². The largest absolute Gasteiger partial charge is 0.456 e. The Hall–Kier alpha value is -1.59. The van der Waals surface area contributed by atoms with Gasteiger partial charge >= 0.3 is 12.0 Å². The second-order valence-corrected chi connectivity index (χ2v) is 4.55. The number of urea groups is 1. The number of hydrogen-bond acceptors (Lipinski definition) is 4. The number of fused-ring (bicyclic) bond motifs is 2. The molecule has 2 aliphatic heterocycles. The van der Waals surface area contributed by atoms with Crippen LogP contribution in [0.4, 0.5) is 4.79 Å². The van der Waals surface area contributed by atoms with E-state index in [1.54, 1.807) is 6.92 Å². The van der Waals surface area contributed by atoms with E-state index in [1.807, 2.05) is 0 Å². The summed E-state index contributed by atoms with van der Waals surface area (Å²) in [5.41, 5.74) is -1.36. The highest BCUT2D eigenvalue weighted by molar-refractivity contribution is 6.01. The highest BCUT2D eigenvalue weighted by Gasteiger charge is 2.74. The SMILES string of the molecule is CC12NC(=O)NC(=O)C1CC21CC(=O)O1. The molecule has 3 unspecified atom stereocenters. The van der Waals surface area contributed by atoms with Crippen LogP contribution in [-0.2, 0) is 14.3 Å². The number of carbonyl (C=O) groups excluding carboxylic acids is 3. The zero-order valence-electron chi connectivity index (χ0n) is 8.12. The molecule has 0 bridgehead atoms. The maximum absolute atomic E-state index is 11.5. The van der Waals surface area contributed by atoms with Crippen LogP contribution in [0.3, 0.4) is 0 Å². The predicted molar refractivity (Wildman–Crippen MR) is 46.6 cm³/mol. The molecule has 3 amide bonds. The van der Waals surface area contributed by atoms with E-state index in [1.165, 1.54) is 0 Å². The van der Waals surface area contributed by atoms with Gasteiger partial charge in [-0.25, -0.2) is 4.79 Å². The van der Waals surface area contributed by atoms with E-state index in [4.69, 9.17) is 4.74 Å². The molecular weight excluding hydrogens is 200 g/mol. The summed E-state index contributed by atoms with van der Waals surface area (Å²) in [7, 11) is 0. The number of esters is 1. The van der Waals surface area contributed by atoms with Gasteiger partial charge in [-0.1, -0.05) is 0 Å². The fraction of sp³-hybridized carbons (Fsp3) is 0.667. The number of nitrogens with one attached hydrogen (secondary N) is 2. The number of imide groups is 1. The minimum Gasteiger partial charge on any atom is -0.456 e. The van der Waals surface area contributed by atoms with E-state index in [0.29, 0.717) is 6.42 Å². The van der Waals surface area contributed by atoms with Gasteiger partial charge in [0.2, 0.25) is 5.91 Å². The lowest BCUT2D eigenvalue weighted by atomic mass is 9.52. The molecule has 0 aromatic carbocycles. The second-order valence-electron chi connectivity index (χ2n) is 4.55. The van der Waals surface area contributed by atoms with Crippen LogP contribution in [0.2, 0.25) is 0 Å². The fourth-order valence-electron chi connectivity index (χ4n) is 2.80. The Morgan fingerprint density at radius 3 is 2.67 bits per heavy atom. The molecule has 3 fully saturated rings. The normalized spacial score (nSPS) is 47.0. The number of carbonyl (C=O) groups is 3. The van der Waals surface area contributed by atoms with Gasteiger partial charge in [-0.05, 0) is 6.92 Å². The van der Waals surface area contributed by atoms with Crippen molar-refractivity contribution in [3.8, 4) is 0 Å². The average molecular weight is 210 g/mol. The van der Waals surface area contributed by atoms with Crippen molar-refractivity contribution in [1.82, 2.24) is 10.6 Å². The van der Waals surface area contributed by atoms with Crippen molar-refractivity contribution >= 4 is 17.9 Å². The highest BCUT2D eigenvalue weighted by atomic mass is 16.6. The molecule has 6 nitrogen and oxygen atoms in total. The smallest absolute Gasteiger partial charge is 0.322 e. The van der Waals surface area contributed by atoms with E-state index < -0.39 is 17.2 Å². The van der Waals surface area contributed by atoms with Crippen molar-refractivity contribution in [2.45, 2.75) is 30.9 Å². The van der Waals surface area contributed by atoms with Crippen molar-refractivity contribution in [1.29, 1.82) is 0 Å². The molecule has 3 atom stereocenters. The zero-order chi connectivity index (χ0) is 10.8. The molecule has 0 aromatic rings. The summed E-state index contributed by atoms with van der Waals surface area (Å²) in [4.78, 5) is 33.5. The second kappa shape index (κ2) is 2.15. The lowest BCUT2D eigenvalue weighted by molar-refractivity contribution is -0.250. The first-order valence-electron chi connectivity index (χ1n) is 4.82. The van der Waals surface area contributed by atoms with Crippen LogP contribution >= 0.6 is 0 Å². The summed E-state index contributed by atoms with van der Waals surface area (Å²) in [6.07, 6.45) is 0.787. The molecule has 2 saturated heterocycles. The highest BCUT2D eigenvalue weighted by Crippen LogP contribution is 2.57. The molecule has 2 heterocycles. The maximum atomic E-state index is 11.5. The molecule has 1 aliphatic carbocycles. The predicted octanol–water partition coefficient (Wildman–Crippen LogP) is -0.710. The number of amides is 3. The van der Waals surface area contributed by atoms with Crippen LogP contribution < -0.4 is 10.6 Å². The molecule has 3 rings (SSSR count). The Labute approximate surface area is 85.3 Å². The van der Waals surface area contributed by atoms with Crippen LogP contribution in [0.15, 0.2) is 0 Å². The van der Waals surface area contributed by atoms with Crippen LogP contribution in [0.25, 0.3) is 0 Å². The Morgan fingerprint density at radius 2 is 2.07 bits per heavy atom. The first-order valence-corrected chi connectivity index (χ1v) is 4.82. The van der Waals surface area contributed by atoms with E-state index in [-0.39, 0.29) is 24.2 Å². The van der Waals surface area contributed by atoms with Gasteiger partial charge in [0.1, 0.15) is 5.60 Å². The minimum atomic E-state index is -0.722. The lowest BCUT2D eigenvalue weighted by Crippen LogP contribution is -2.85. The first kappa shape index (κ1) is 8.70. The molecule has 80 valence electrons. The van der Waals surface area contributed by atoms with Gasteiger partial charge in [-0.15, -0.1) is 0 Å². The summed E-state index contributed by atoms with van der Waals surface area (Å²) < 4.78 is 5.10. The zero-order valence-corrected chi connectivity index (χ0v) is 8.12. The standard InChI is InChI=1S/C9H10N2O4/c1-8-4(6(13)10-7(14)11-8)2-9(8)3-5(12)15-9/h4H,2-3H2,1H3,(H2,10,11,13,14). The van der Waals surface area contributed by atoms with Crippen molar-refractivity contribution in [2.75, 3.05) is 0 Å². The van der Waals surface area contributed by atoms with Crippen molar-refractivity contribution in [2.24, 2.45) is 5.92 Å². The van der Waals surface area contributed by atoms with Crippen molar-refractivity contribution in [3.05, 3.63) is 0 Å². The number of rotatable bonds is 0. The molecule has 0 aromatic heterocycles. The van der Waals surface area contributed by atoms with E-state index in [0.717, 1.165) is 0 Å². The molecule has 0 radical (unpaired) electrons. The summed E-state index contributed by atoms with van der Waals surface area (Å²) >= 11 is 0. The third kappa shape index (κ3) is 0.784. The Morgan fingerprint density at radius 1 is 1.40 bits per heavy atom. The fourth-order valence-corrected chi connectivity index (χ4v) is 2.80. The average Bonchev–Trinajstić information content (AvgIpc) is 2.06. The van der Waals surface area contributed by atoms with Crippen molar-refractivity contribution < 1.29 is 19.1 Å². The minimum absolute atomic E-state index is 0.269. The van der Waals surface area contributed by atoms with Crippen LogP contribution in [0, 0.1) is 5.92 Å². The van der Waals surface area contributed by atoms with E-state index in [2.05, 4.69) is 10.6 Å². The number of ether oxygens (including phenoxy) is 1. The molecule has 15 heavy (non-hydrogen) atoms. The Balaban J connectivity index is 1.92. The quantitative estimate of drug-likeness (QED) is 0.517. The van der Waals surface area contributed by atoms with Gasteiger partial charge < -0.3 is 10.1 Å². The van der Waals surface area contributed by atoms with Crippen LogP contribution in [0.1, 0.15) is 19.8 Å². The first-order chi connectivity index (χ1) is 6.97. The number of hydrogen-bond donors (Lipinski definition) is 2. The van der Waals surface area contributed by atoms with Gasteiger partial charge in [0, 0.05) is 6.42 Å². The third-order valence-corrected chi connectivity index (χ3v) is 3.84. The lowest BCUT2D eigenvalue weighted by Gasteiger charge is -2.65. The summed E-state index contributed by atoms with van der Waals surface area (Å²) in [6.45, 7) is 1.75. The molecule has 3 aliphatic rings. The van der Waals surface area contributed by atoms with E-state index >= 15 is 0 Å². The van der Waals surface area contributed by atoms with Gasteiger partial charge in [0.15, 0.2) is 0 Å². The molecule has 6 heteroatoms. The maximum Gasteiger partial charge on any atom is 0.322 e. The third-order valence-electron chi connectivity index (χ3n) is 3.84. The molecule has 1 spiro atoms. The molecular formula is C9H10N2O4. The summed E-state index contributed by atoms with van der Waals surface area (Å²) in [6, 6.07) is -0.513. The molecule has 1 saturated carbocycles. The van der Waals surface area contributed by atoms with E-state index in [9.17, 15) is 14.4 Å². The van der Waals surface area contributed by atoms with Gasteiger partial charge in [0.25, 0.3) is 0 Å². The van der Waals surface area contributed by atoms with Gasteiger partial charge in [0.05, 0.1) is 17.9 Å².